The summed E-state index contributed by atoms with van der Waals surface area (Å²) >= 11 is 5.89. The molecule has 0 unspecified atom stereocenters. The zero-order valence-corrected chi connectivity index (χ0v) is 13.3. The third-order valence-corrected chi connectivity index (χ3v) is 4.30. The number of carbonyl (C=O) groups is 1. The molecular weight excluding hydrogens is 306 g/mol. The molecule has 0 bridgehead atoms. The molecule has 7 heteroatoms. The van der Waals surface area contributed by atoms with Gasteiger partial charge in [-0.1, -0.05) is 11.6 Å². The molecule has 0 radical (unpaired) electrons. The molecule has 0 saturated carbocycles. The minimum atomic E-state index is -0.00984. The lowest BCUT2D eigenvalue weighted by atomic mass is 10.2. The molecule has 0 spiro atoms. The Hall–Kier alpha value is -1.08. The lowest BCUT2D eigenvalue weighted by molar-refractivity contribution is -0.0112. The highest BCUT2D eigenvalue weighted by molar-refractivity contribution is 6.30. The molecular formula is C15H22ClN3O3. The topological polar surface area (TPSA) is 57.8 Å². The van der Waals surface area contributed by atoms with Crippen molar-refractivity contribution in [2.75, 3.05) is 52.5 Å². The van der Waals surface area contributed by atoms with Crippen LogP contribution >= 0.6 is 11.6 Å². The van der Waals surface area contributed by atoms with Gasteiger partial charge in [0.25, 0.3) is 5.91 Å². The summed E-state index contributed by atoms with van der Waals surface area (Å²) in [6, 6.07) is 1.67. The Morgan fingerprint density at radius 1 is 1.32 bits per heavy atom. The minimum Gasteiger partial charge on any atom is -0.379 e. The van der Waals surface area contributed by atoms with E-state index in [1.165, 1.54) is 0 Å². The summed E-state index contributed by atoms with van der Waals surface area (Å²) in [5.74, 6) is -0.00984. The molecule has 122 valence electrons. The third-order valence-electron chi connectivity index (χ3n) is 4.08. The number of aromatic amines is 1. The Balaban J connectivity index is 1.60. The van der Waals surface area contributed by atoms with Gasteiger partial charge < -0.3 is 19.4 Å². The van der Waals surface area contributed by atoms with E-state index in [2.05, 4.69) is 9.88 Å². The molecule has 1 aromatic heterocycles. The van der Waals surface area contributed by atoms with Crippen LogP contribution in [-0.2, 0) is 9.47 Å². The summed E-state index contributed by atoms with van der Waals surface area (Å²) < 4.78 is 11.3. The molecule has 2 aliphatic heterocycles. The lowest BCUT2D eigenvalue weighted by Gasteiger charge is -2.31. The number of hydrogen-bond acceptors (Lipinski definition) is 4. The van der Waals surface area contributed by atoms with Gasteiger partial charge in [-0.3, -0.25) is 9.69 Å². The monoisotopic (exact) mass is 327 g/mol. The van der Waals surface area contributed by atoms with Gasteiger partial charge in [-0.2, -0.15) is 0 Å². The van der Waals surface area contributed by atoms with E-state index in [0.29, 0.717) is 23.9 Å². The standard InChI is InChI=1S/C15H22ClN3O3/c16-12-8-14(17-9-12)15(20)19-2-1-5-22-13(11-19)10-18-3-6-21-7-4-18/h8-9,13,17H,1-7,10-11H2/t13-/m1/s1. The van der Waals surface area contributed by atoms with Crippen molar-refractivity contribution in [1.82, 2.24) is 14.8 Å². The summed E-state index contributed by atoms with van der Waals surface area (Å²) in [4.78, 5) is 19.7. The van der Waals surface area contributed by atoms with Crippen molar-refractivity contribution in [3.05, 3.63) is 23.0 Å². The summed E-state index contributed by atoms with van der Waals surface area (Å²) in [6.45, 7) is 6.29. The van der Waals surface area contributed by atoms with Crippen molar-refractivity contribution >= 4 is 17.5 Å². The van der Waals surface area contributed by atoms with E-state index in [9.17, 15) is 4.79 Å². The van der Waals surface area contributed by atoms with E-state index >= 15 is 0 Å². The predicted octanol–water partition coefficient (Wildman–Crippen LogP) is 1.23. The summed E-state index contributed by atoms with van der Waals surface area (Å²) in [5, 5.41) is 0.555. The van der Waals surface area contributed by atoms with Gasteiger partial charge in [0.15, 0.2) is 0 Å². The Morgan fingerprint density at radius 3 is 2.86 bits per heavy atom. The van der Waals surface area contributed by atoms with Crippen LogP contribution in [0.1, 0.15) is 16.9 Å². The van der Waals surface area contributed by atoms with E-state index in [1.807, 2.05) is 4.90 Å². The molecule has 1 N–H and O–H groups in total. The van der Waals surface area contributed by atoms with Gasteiger partial charge in [-0.05, 0) is 12.5 Å². The fraction of sp³-hybridized carbons (Fsp3) is 0.667. The number of nitrogens with zero attached hydrogens (tertiary/aromatic N) is 2. The minimum absolute atomic E-state index is 0.00984. The highest BCUT2D eigenvalue weighted by Crippen LogP contribution is 2.15. The van der Waals surface area contributed by atoms with Crippen molar-refractivity contribution < 1.29 is 14.3 Å². The molecule has 1 aromatic rings. The van der Waals surface area contributed by atoms with Crippen LogP contribution in [0, 0.1) is 0 Å². The van der Waals surface area contributed by atoms with Gasteiger partial charge in [0.1, 0.15) is 5.69 Å². The second-order valence-corrected chi connectivity index (χ2v) is 6.18. The molecule has 0 aliphatic carbocycles. The number of rotatable bonds is 3. The first kappa shape index (κ1) is 15.8. The van der Waals surface area contributed by atoms with Crippen molar-refractivity contribution in [2.45, 2.75) is 12.5 Å². The number of aromatic nitrogens is 1. The van der Waals surface area contributed by atoms with E-state index in [1.54, 1.807) is 12.3 Å². The number of carbonyl (C=O) groups excluding carboxylic acids is 1. The zero-order chi connectivity index (χ0) is 15.4. The molecule has 1 amide bonds. The van der Waals surface area contributed by atoms with Crippen LogP contribution in [0.2, 0.25) is 5.02 Å². The van der Waals surface area contributed by atoms with Crippen LogP contribution in [0.3, 0.4) is 0 Å². The number of amides is 1. The molecule has 6 nitrogen and oxygen atoms in total. The molecule has 1 atom stereocenters. The Labute approximate surface area is 135 Å². The fourth-order valence-corrected chi connectivity index (χ4v) is 3.09. The summed E-state index contributed by atoms with van der Waals surface area (Å²) in [7, 11) is 0. The number of halogens is 1. The Kier molecular flexibility index (Phi) is 5.36. The number of morpholine rings is 1. The van der Waals surface area contributed by atoms with Crippen LogP contribution in [0.4, 0.5) is 0 Å². The Bertz CT molecular complexity index is 502. The normalized spacial score (nSPS) is 24.2. The first-order valence-corrected chi connectivity index (χ1v) is 8.15. The smallest absolute Gasteiger partial charge is 0.270 e. The molecule has 3 heterocycles. The van der Waals surface area contributed by atoms with Gasteiger partial charge >= 0.3 is 0 Å². The zero-order valence-electron chi connectivity index (χ0n) is 12.6. The number of hydrogen-bond donors (Lipinski definition) is 1. The van der Waals surface area contributed by atoms with E-state index in [-0.39, 0.29) is 12.0 Å². The van der Waals surface area contributed by atoms with Crippen molar-refractivity contribution in [3.63, 3.8) is 0 Å². The first-order valence-electron chi connectivity index (χ1n) is 7.77. The number of H-pyrrole nitrogens is 1. The van der Waals surface area contributed by atoms with Crippen LogP contribution in [0.25, 0.3) is 0 Å². The average molecular weight is 328 g/mol. The SMILES string of the molecule is O=C(c1cc(Cl)c[nH]1)N1CCCO[C@H](CN2CCOCC2)C1. The summed E-state index contributed by atoms with van der Waals surface area (Å²) in [6.07, 6.45) is 2.55. The van der Waals surface area contributed by atoms with Gasteiger partial charge in [0, 0.05) is 45.5 Å². The molecule has 2 aliphatic rings. The summed E-state index contributed by atoms with van der Waals surface area (Å²) in [5.41, 5.74) is 0.539. The van der Waals surface area contributed by atoms with Crippen LogP contribution in [-0.4, -0.2) is 79.3 Å². The molecule has 2 saturated heterocycles. The van der Waals surface area contributed by atoms with E-state index in [0.717, 1.165) is 45.8 Å². The maximum atomic E-state index is 12.6. The van der Waals surface area contributed by atoms with Crippen LogP contribution in [0.15, 0.2) is 12.3 Å². The maximum absolute atomic E-state index is 12.6. The molecule has 3 rings (SSSR count). The first-order chi connectivity index (χ1) is 10.7. The highest BCUT2D eigenvalue weighted by Gasteiger charge is 2.26. The second-order valence-electron chi connectivity index (χ2n) is 5.74. The van der Waals surface area contributed by atoms with E-state index in [4.69, 9.17) is 21.1 Å². The second kappa shape index (κ2) is 7.46. The largest absolute Gasteiger partial charge is 0.379 e. The number of nitrogens with one attached hydrogen (secondary N) is 1. The van der Waals surface area contributed by atoms with Crippen LogP contribution in [0.5, 0.6) is 0 Å². The third kappa shape index (κ3) is 4.01. The highest BCUT2D eigenvalue weighted by atomic mass is 35.5. The molecule has 2 fully saturated rings. The van der Waals surface area contributed by atoms with Gasteiger partial charge in [0.2, 0.25) is 0 Å². The van der Waals surface area contributed by atoms with Gasteiger partial charge in [0.05, 0.1) is 24.3 Å². The van der Waals surface area contributed by atoms with Gasteiger partial charge in [-0.15, -0.1) is 0 Å². The number of ether oxygens (including phenoxy) is 2. The molecule has 0 aromatic carbocycles. The molecule has 22 heavy (non-hydrogen) atoms. The van der Waals surface area contributed by atoms with Gasteiger partial charge in [-0.25, -0.2) is 0 Å². The van der Waals surface area contributed by atoms with Crippen molar-refractivity contribution in [3.8, 4) is 0 Å². The Morgan fingerprint density at radius 2 is 2.14 bits per heavy atom. The maximum Gasteiger partial charge on any atom is 0.270 e. The van der Waals surface area contributed by atoms with E-state index < -0.39 is 0 Å². The van der Waals surface area contributed by atoms with Crippen molar-refractivity contribution in [1.29, 1.82) is 0 Å². The predicted molar refractivity (Wildman–Crippen MR) is 83.3 cm³/mol. The van der Waals surface area contributed by atoms with Crippen LogP contribution < -0.4 is 0 Å². The fourth-order valence-electron chi connectivity index (χ4n) is 2.92. The van der Waals surface area contributed by atoms with Crippen molar-refractivity contribution in [2.24, 2.45) is 0 Å². The quantitative estimate of drug-likeness (QED) is 0.907. The lowest BCUT2D eigenvalue weighted by Crippen LogP contribution is -2.45. The average Bonchev–Trinajstić information content (AvgIpc) is 2.83.